The fraction of sp³-hybridized carbons (Fsp3) is 0.556. The Hall–Kier alpha value is -1.10. The largest absolute Gasteiger partial charge is 0.604 e. The molecular weight excluding hydrogens is 416 g/mol. The molecule has 1 fully saturated rings. The van der Waals surface area contributed by atoms with Gasteiger partial charge >= 0.3 is 21.7 Å². The topological polar surface area (TPSA) is 260 Å². The van der Waals surface area contributed by atoms with Crippen LogP contribution in [0.4, 0.5) is 5.82 Å². The molecule has 2 unspecified atom stereocenters. The van der Waals surface area contributed by atoms with Crippen LogP contribution >= 0.6 is 16.0 Å². The van der Waals surface area contributed by atoms with Crippen LogP contribution in [0.1, 0.15) is 6.23 Å². The summed E-state index contributed by atoms with van der Waals surface area (Å²) in [6.07, 6.45) is -4.83. The highest BCUT2D eigenvalue weighted by Gasteiger charge is 2.49. The van der Waals surface area contributed by atoms with Gasteiger partial charge < -0.3 is 25.6 Å². The van der Waals surface area contributed by atoms with Crippen molar-refractivity contribution in [3.63, 3.8) is 0 Å². The standard InChI is InChI=1S/C9H17N5O11P2/c10-5-1-2-14(9(17)13-5)8-7(16)6(15)4(22-8)3-21-27(20,24-12)25-26(18,19)23-11/h1-2,4,6-8,15-16H,3,11-12H2,(H,18,19)(H2,10,13,17)/t4-,6-,7+,8-,27?/m1/s1. The summed E-state index contributed by atoms with van der Waals surface area (Å²) >= 11 is 0. The molecule has 1 aromatic heterocycles. The van der Waals surface area contributed by atoms with E-state index in [0.717, 1.165) is 4.57 Å². The van der Waals surface area contributed by atoms with Crippen molar-refractivity contribution in [2.24, 2.45) is 11.8 Å². The van der Waals surface area contributed by atoms with Crippen LogP contribution in [0.2, 0.25) is 0 Å². The molecule has 0 bridgehead atoms. The van der Waals surface area contributed by atoms with Crippen LogP contribution in [0.15, 0.2) is 17.1 Å². The number of hydrogen-bond donors (Lipinski definition) is 6. The maximum Gasteiger partial charge on any atom is 0.527 e. The van der Waals surface area contributed by atoms with Crippen LogP contribution in [-0.2, 0) is 27.4 Å². The van der Waals surface area contributed by atoms with Crippen LogP contribution in [-0.4, -0.2) is 49.6 Å². The minimum absolute atomic E-state index is 0.0714. The van der Waals surface area contributed by atoms with Crippen molar-refractivity contribution in [3.05, 3.63) is 22.7 Å². The van der Waals surface area contributed by atoms with Crippen molar-refractivity contribution >= 4 is 21.8 Å². The van der Waals surface area contributed by atoms with Gasteiger partial charge in [0.2, 0.25) is 0 Å². The summed E-state index contributed by atoms with van der Waals surface area (Å²) in [5.41, 5.74) is 4.49. The molecule has 0 saturated carbocycles. The second kappa shape index (κ2) is 8.50. The van der Waals surface area contributed by atoms with Gasteiger partial charge in [-0.3, -0.25) is 9.46 Å². The quantitative estimate of drug-likeness (QED) is 0.171. The molecule has 154 valence electrons. The minimum Gasteiger partial charge on any atom is -0.604 e. The Bertz CT molecular complexity index is 766. The number of phosphoric acid groups is 2. The second-order valence-electron chi connectivity index (χ2n) is 5.09. The van der Waals surface area contributed by atoms with Gasteiger partial charge in [-0.05, 0) is 6.07 Å². The van der Waals surface area contributed by atoms with Gasteiger partial charge in [-0.2, -0.15) is 20.0 Å². The Balaban J connectivity index is 2.09. The lowest BCUT2D eigenvalue weighted by molar-refractivity contribution is -0.244. The SMILES string of the molecule is NOP(=O)(O)O[P+]([O-])(ON)OC[C@H]1O[C@@H](n2ccc(N)nc2=O)[C@@H](O)[C@@H]1O. The summed E-state index contributed by atoms with van der Waals surface area (Å²) in [6, 6.07) is 1.25. The Morgan fingerprint density at radius 1 is 1.41 bits per heavy atom. The van der Waals surface area contributed by atoms with E-state index in [1.165, 1.54) is 12.3 Å². The summed E-state index contributed by atoms with van der Waals surface area (Å²) in [7, 11) is -9.86. The highest BCUT2D eigenvalue weighted by Crippen LogP contribution is 2.64. The molecule has 1 aliphatic rings. The van der Waals surface area contributed by atoms with Crippen molar-refractivity contribution in [3.8, 4) is 0 Å². The molecule has 18 heteroatoms. The highest BCUT2D eigenvalue weighted by molar-refractivity contribution is 7.64. The number of rotatable bonds is 8. The molecule has 1 saturated heterocycles. The zero-order valence-electron chi connectivity index (χ0n) is 13.3. The minimum atomic E-state index is -5.00. The number of aliphatic hydroxyl groups excluding tert-OH is 2. The summed E-state index contributed by atoms with van der Waals surface area (Å²) in [5.74, 6) is 9.11. The Morgan fingerprint density at radius 3 is 2.63 bits per heavy atom. The monoisotopic (exact) mass is 433 g/mol. The van der Waals surface area contributed by atoms with Crippen molar-refractivity contribution in [1.82, 2.24) is 9.55 Å². The van der Waals surface area contributed by atoms with Crippen LogP contribution < -0.4 is 28.1 Å². The first-order chi connectivity index (χ1) is 12.5. The smallest absolute Gasteiger partial charge is 0.527 e. The third-order valence-corrected chi connectivity index (χ3v) is 5.94. The first-order valence-electron chi connectivity index (χ1n) is 6.94. The molecule has 0 amide bonds. The molecule has 27 heavy (non-hydrogen) atoms. The first kappa shape index (κ1) is 22.2. The van der Waals surface area contributed by atoms with Crippen molar-refractivity contribution in [1.29, 1.82) is 0 Å². The summed E-state index contributed by atoms with van der Waals surface area (Å²) in [5, 5.41) is 20.1. The number of nitrogens with zero attached hydrogens (tertiary/aromatic N) is 2. The third-order valence-electron chi connectivity index (χ3n) is 3.33. The lowest BCUT2D eigenvalue weighted by atomic mass is 10.1. The van der Waals surface area contributed by atoms with E-state index < -0.39 is 52.8 Å². The van der Waals surface area contributed by atoms with Gasteiger partial charge in [0.05, 0.1) is 0 Å². The normalized spacial score (nSPS) is 30.0. The maximum atomic E-state index is 12.0. The molecule has 16 nitrogen and oxygen atoms in total. The Morgan fingerprint density at radius 2 is 2.07 bits per heavy atom. The van der Waals surface area contributed by atoms with Crippen molar-refractivity contribution in [2.75, 3.05) is 12.3 Å². The molecule has 0 aromatic carbocycles. The van der Waals surface area contributed by atoms with Gasteiger partial charge in [0.1, 0.15) is 30.7 Å². The van der Waals surface area contributed by atoms with Gasteiger partial charge in [-0.15, -0.1) is 0 Å². The van der Waals surface area contributed by atoms with E-state index in [-0.39, 0.29) is 5.82 Å². The summed E-state index contributed by atoms with van der Waals surface area (Å²) in [4.78, 5) is 36.3. The number of aliphatic hydroxyl groups is 2. The molecule has 9 N–H and O–H groups in total. The predicted molar refractivity (Wildman–Crippen MR) is 83.2 cm³/mol. The van der Waals surface area contributed by atoms with E-state index in [1.807, 2.05) is 0 Å². The number of hydrogen-bond acceptors (Lipinski definition) is 14. The molecule has 0 spiro atoms. The maximum absolute atomic E-state index is 12.0. The summed E-state index contributed by atoms with van der Waals surface area (Å²) < 4.78 is 33.5. The summed E-state index contributed by atoms with van der Waals surface area (Å²) in [6.45, 7) is -0.801. The van der Waals surface area contributed by atoms with Crippen molar-refractivity contribution < 1.29 is 47.4 Å². The average Bonchev–Trinajstić information content (AvgIpc) is 2.88. The number of anilines is 1. The van der Waals surface area contributed by atoms with Gasteiger partial charge in [0.25, 0.3) is 0 Å². The molecule has 0 radical (unpaired) electrons. The molecule has 2 rings (SSSR count). The zero-order chi connectivity index (χ0) is 20.4. The lowest BCUT2D eigenvalue weighted by Crippen LogP contribution is -2.36. The number of nitrogens with two attached hydrogens (primary N) is 3. The number of aromatic nitrogens is 2. The van der Waals surface area contributed by atoms with E-state index >= 15 is 0 Å². The first-order valence-corrected chi connectivity index (χ1v) is 9.89. The van der Waals surface area contributed by atoms with Gasteiger partial charge in [0, 0.05) is 6.20 Å². The van der Waals surface area contributed by atoms with Crippen LogP contribution in [0, 0.1) is 0 Å². The molecule has 2 heterocycles. The molecular formula is C9H17N5O11P2. The molecule has 1 aliphatic heterocycles. The predicted octanol–water partition coefficient (Wildman–Crippen LogP) is -3.60. The second-order valence-corrected chi connectivity index (χ2v) is 8.26. The number of ether oxygens (including phenoxy) is 1. The highest BCUT2D eigenvalue weighted by atomic mass is 31.3. The zero-order valence-corrected chi connectivity index (χ0v) is 15.1. The van der Waals surface area contributed by atoms with E-state index in [1.54, 1.807) is 0 Å². The third kappa shape index (κ3) is 5.24. The fourth-order valence-corrected chi connectivity index (χ4v) is 4.00. The molecule has 6 atom stereocenters. The van der Waals surface area contributed by atoms with Crippen LogP contribution in [0.25, 0.3) is 0 Å². The van der Waals surface area contributed by atoms with E-state index in [2.05, 4.69) is 29.0 Å². The fourth-order valence-electron chi connectivity index (χ4n) is 2.10. The van der Waals surface area contributed by atoms with Gasteiger partial charge in [-0.1, -0.05) is 8.94 Å². The van der Waals surface area contributed by atoms with Gasteiger partial charge in [-0.25, -0.2) is 15.3 Å². The van der Waals surface area contributed by atoms with E-state index in [4.69, 9.17) is 21.3 Å². The van der Waals surface area contributed by atoms with Gasteiger partial charge in [0.15, 0.2) is 6.23 Å². The lowest BCUT2D eigenvalue weighted by Gasteiger charge is -2.24. The molecule has 1 aromatic rings. The Labute approximate surface area is 151 Å². The number of nitrogen functional groups attached to an aromatic ring is 1. The Kier molecular flexibility index (Phi) is 6.99. The molecule has 0 aliphatic carbocycles. The van der Waals surface area contributed by atoms with Crippen LogP contribution in [0.5, 0.6) is 0 Å². The van der Waals surface area contributed by atoms with Crippen molar-refractivity contribution in [2.45, 2.75) is 24.5 Å². The van der Waals surface area contributed by atoms with Crippen LogP contribution in [0.3, 0.4) is 0 Å². The average molecular weight is 433 g/mol. The van der Waals surface area contributed by atoms with E-state index in [0.29, 0.717) is 0 Å². The van der Waals surface area contributed by atoms with E-state index in [9.17, 15) is 24.5 Å².